The van der Waals surface area contributed by atoms with Crippen molar-refractivity contribution < 1.29 is 19.7 Å². The second-order valence-corrected chi connectivity index (χ2v) is 7.51. The predicted molar refractivity (Wildman–Crippen MR) is 100 cm³/mol. The minimum Gasteiger partial charge on any atom is -0.463 e. The lowest BCUT2D eigenvalue weighted by Crippen LogP contribution is -2.27. The SMILES string of the molecule is C[C@@H]1CCC/C=C/[C@H](O)/C=C/[C@H](O)[C@@H](Sc2ccccc2)CC(=O)O1. The minimum atomic E-state index is -0.862. The van der Waals surface area contributed by atoms with E-state index < -0.39 is 12.2 Å². The first kappa shape index (κ1) is 19.8. The van der Waals surface area contributed by atoms with Crippen LogP contribution in [-0.2, 0) is 9.53 Å². The number of hydrogen-bond acceptors (Lipinski definition) is 5. The van der Waals surface area contributed by atoms with Crippen LogP contribution in [-0.4, -0.2) is 39.7 Å². The predicted octanol–water partition coefficient (Wildman–Crippen LogP) is 3.49. The molecule has 0 unspecified atom stereocenters. The number of ether oxygens (including phenoxy) is 1. The average molecular weight is 362 g/mol. The fourth-order valence-electron chi connectivity index (χ4n) is 2.58. The molecular weight excluding hydrogens is 336 g/mol. The van der Waals surface area contributed by atoms with Crippen LogP contribution in [0.4, 0.5) is 0 Å². The molecule has 0 saturated carbocycles. The van der Waals surface area contributed by atoms with Crippen LogP contribution in [0.25, 0.3) is 0 Å². The van der Waals surface area contributed by atoms with E-state index in [1.165, 1.54) is 11.8 Å². The molecule has 0 saturated heterocycles. The van der Waals surface area contributed by atoms with Crippen molar-refractivity contribution in [1.29, 1.82) is 0 Å². The van der Waals surface area contributed by atoms with Gasteiger partial charge >= 0.3 is 5.97 Å². The largest absolute Gasteiger partial charge is 0.463 e. The Morgan fingerprint density at radius 2 is 1.88 bits per heavy atom. The van der Waals surface area contributed by atoms with E-state index in [2.05, 4.69) is 0 Å². The van der Waals surface area contributed by atoms with E-state index in [9.17, 15) is 15.0 Å². The summed E-state index contributed by atoms with van der Waals surface area (Å²) in [7, 11) is 0. The molecule has 0 spiro atoms. The van der Waals surface area contributed by atoms with Gasteiger partial charge < -0.3 is 14.9 Å². The van der Waals surface area contributed by atoms with Gasteiger partial charge in [0.15, 0.2) is 0 Å². The summed E-state index contributed by atoms with van der Waals surface area (Å²) in [5.74, 6) is -0.304. The van der Waals surface area contributed by atoms with E-state index in [1.807, 2.05) is 43.3 Å². The Kier molecular flexibility index (Phi) is 8.25. The van der Waals surface area contributed by atoms with Gasteiger partial charge in [0.1, 0.15) is 0 Å². The van der Waals surface area contributed by atoms with Crippen LogP contribution in [0.3, 0.4) is 0 Å². The fraction of sp³-hybridized carbons (Fsp3) is 0.450. The van der Waals surface area contributed by atoms with E-state index in [4.69, 9.17) is 4.74 Å². The van der Waals surface area contributed by atoms with Gasteiger partial charge in [-0.05, 0) is 38.3 Å². The number of rotatable bonds is 2. The van der Waals surface area contributed by atoms with Crippen molar-refractivity contribution in [2.24, 2.45) is 0 Å². The van der Waals surface area contributed by atoms with Gasteiger partial charge in [-0.15, -0.1) is 11.8 Å². The Morgan fingerprint density at radius 3 is 2.64 bits per heavy atom. The van der Waals surface area contributed by atoms with Crippen molar-refractivity contribution >= 4 is 17.7 Å². The number of thioether (sulfide) groups is 1. The highest BCUT2D eigenvalue weighted by atomic mass is 32.2. The molecular formula is C20H26O4S. The third-order valence-electron chi connectivity index (χ3n) is 3.93. The maximum absolute atomic E-state index is 12.2. The Morgan fingerprint density at radius 1 is 1.12 bits per heavy atom. The van der Waals surface area contributed by atoms with Gasteiger partial charge in [-0.1, -0.05) is 42.5 Å². The normalized spacial score (nSPS) is 31.6. The maximum atomic E-state index is 12.2. The molecule has 2 N–H and O–H groups in total. The van der Waals surface area contributed by atoms with Gasteiger partial charge in [0, 0.05) is 10.1 Å². The zero-order valence-corrected chi connectivity index (χ0v) is 15.3. The van der Waals surface area contributed by atoms with Crippen LogP contribution in [0, 0.1) is 0 Å². The number of hydrogen-bond donors (Lipinski definition) is 2. The Labute approximate surface area is 153 Å². The molecule has 5 heteroatoms. The quantitative estimate of drug-likeness (QED) is 0.623. The first-order valence-corrected chi connectivity index (χ1v) is 9.55. The van der Waals surface area contributed by atoms with Gasteiger partial charge in [-0.2, -0.15) is 0 Å². The van der Waals surface area contributed by atoms with Gasteiger partial charge in [0.25, 0.3) is 0 Å². The monoisotopic (exact) mass is 362 g/mol. The van der Waals surface area contributed by atoms with Crippen molar-refractivity contribution in [2.45, 2.75) is 61.1 Å². The number of carbonyl (C=O) groups is 1. The average Bonchev–Trinajstić information content (AvgIpc) is 2.59. The van der Waals surface area contributed by atoms with Gasteiger partial charge in [0.2, 0.25) is 0 Å². The molecule has 1 heterocycles. The third-order valence-corrected chi connectivity index (χ3v) is 5.22. The molecule has 0 aromatic heterocycles. The van der Waals surface area contributed by atoms with E-state index in [0.29, 0.717) is 0 Å². The van der Waals surface area contributed by atoms with Crippen molar-refractivity contribution in [3.05, 3.63) is 54.6 Å². The smallest absolute Gasteiger partial charge is 0.307 e. The van der Waals surface area contributed by atoms with E-state index in [1.54, 1.807) is 18.2 Å². The number of carbonyl (C=O) groups excluding carboxylic acids is 1. The molecule has 0 aliphatic carbocycles. The molecule has 1 aromatic carbocycles. The summed E-state index contributed by atoms with van der Waals surface area (Å²) in [4.78, 5) is 13.2. The van der Waals surface area contributed by atoms with E-state index in [0.717, 1.165) is 24.2 Å². The zero-order valence-electron chi connectivity index (χ0n) is 14.5. The van der Waals surface area contributed by atoms with Crippen molar-refractivity contribution in [1.82, 2.24) is 0 Å². The van der Waals surface area contributed by atoms with Crippen LogP contribution in [0.15, 0.2) is 59.5 Å². The topological polar surface area (TPSA) is 66.8 Å². The summed E-state index contributed by atoms with van der Waals surface area (Å²) in [5, 5.41) is 20.0. The molecule has 0 amide bonds. The number of cyclic esters (lactones) is 1. The van der Waals surface area contributed by atoms with Crippen LogP contribution >= 0.6 is 11.8 Å². The number of aliphatic hydroxyl groups is 2. The van der Waals surface area contributed by atoms with Crippen LogP contribution < -0.4 is 0 Å². The maximum Gasteiger partial charge on any atom is 0.307 e. The van der Waals surface area contributed by atoms with Crippen molar-refractivity contribution in [3.8, 4) is 0 Å². The molecule has 4 nitrogen and oxygen atoms in total. The minimum absolute atomic E-state index is 0.112. The van der Waals surface area contributed by atoms with Crippen LogP contribution in [0.2, 0.25) is 0 Å². The lowest BCUT2D eigenvalue weighted by molar-refractivity contribution is -0.148. The molecule has 0 bridgehead atoms. The Balaban J connectivity index is 2.15. The Hall–Kier alpha value is -1.56. The fourth-order valence-corrected chi connectivity index (χ4v) is 3.69. The van der Waals surface area contributed by atoms with Crippen molar-refractivity contribution in [2.75, 3.05) is 0 Å². The molecule has 0 fully saturated rings. The molecule has 1 aliphatic rings. The third kappa shape index (κ3) is 7.46. The molecule has 136 valence electrons. The summed E-state index contributed by atoms with van der Waals surface area (Å²) in [6, 6.07) is 9.65. The van der Waals surface area contributed by atoms with Crippen LogP contribution in [0.5, 0.6) is 0 Å². The number of aliphatic hydroxyl groups excluding tert-OH is 2. The highest BCUT2D eigenvalue weighted by molar-refractivity contribution is 8.00. The first-order valence-electron chi connectivity index (χ1n) is 8.67. The summed E-state index contributed by atoms with van der Waals surface area (Å²) < 4.78 is 5.47. The lowest BCUT2D eigenvalue weighted by atomic mass is 10.1. The highest BCUT2D eigenvalue weighted by Gasteiger charge is 2.24. The summed E-state index contributed by atoms with van der Waals surface area (Å²) >= 11 is 1.44. The first-order chi connectivity index (χ1) is 12.0. The van der Waals surface area contributed by atoms with E-state index in [-0.39, 0.29) is 23.7 Å². The summed E-state index contributed by atoms with van der Waals surface area (Å²) in [6.07, 6.45) is 7.60. The van der Waals surface area contributed by atoms with Crippen LogP contribution in [0.1, 0.15) is 32.6 Å². The molecule has 1 aliphatic heterocycles. The molecule has 0 radical (unpaired) electrons. The second kappa shape index (κ2) is 10.4. The second-order valence-electron chi connectivity index (χ2n) is 6.20. The Bertz CT molecular complexity index is 585. The van der Waals surface area contributed by atoms with Gasteiger partial charge in [-0.3, -0.25) is 4.79 Å². The van der Waals surface area contributed by atoms with Gasteiger partial charge in [-0.25, -0.2) is 0 Å². The van der Waals surface area contributed by atoms with Crippen molar-refractivity contribution in [3.63, 3.8) is 0 Å². The van der Waals surface area contributed by atoms with Gasteiger partial charge in [0.05, 0.1) is 24.7 Å². The molecule has 4 atom stereocenters. The van der Waals surface area contributed by atoms with E-state index >= 15 is 0 Å². The molecule has 1 aromatic rings. The molecule has 2 rings (SSSR count). The molecule has 25 heavy (non-hydrogen) atoms. The zero-order chi connectivity index (χ0) is 18.1. The highest BCUT2D eigenvalue weighted by Crippen LogP contribution is 2.29. The number of benzene rings is 1. The lowest BCUT2D eigenvalue weighted by Gasteiger charge is -2.21. The summed E-state index contributed by atoms with van der Waals surface area (Å²) in [5.41, 5.74) is 0. The number of esters is 1. The summed E-state index contributed by atoms with van der Waals surface area (Å²) in [6.45, 7) is 1.89. The standard InChI is InChI=1S/C20H26O4S/c1-15-8-4-2-5-9-16(21)12-13-18(22)19(14-20(23)24-15)25-17-10-6-3-7-11-17/h3,5-7,9-13,15-16,18-19,21-22H,2,4,8,14H2,1H3/b9-5+,13-12+/t15-,16+,18+,19+/m1/s1. The number of allylic oxidation sites excluding steroid dienone is 1.